The highest BCUT2D eigenvalue weighted by Crippen LogP contribution is 2.41. The summed E-state index contributed by atoms with van der Waals surface area (Å²) in [6, 6.07) is 2.63. The highest BCUT2D eigenvalue weighted by Gasteiger charge is 2.42. The highest BCUT2D eigenvalue weighted by molar-refractivity contribution is 6.30. The van der Waals surface area contributed by atoms with E-state index in [0.29, 0.717) is 22.8 Å². The first kappa shape index (κ1) is 21.4. The summed E-state index contributed by atoms with van der Waals surface area (Å²) >= 11 is 6.15. The Morgan fingerprint density at radius 1 is 1.41 bits per heavy atom. The zero-order valence-corrected chi connectivity index (χ0v) is 16.3. The minimum atomic E-state index is -4.26. The van der Waals surface area contributed by atoms with Crippen LogP contribution in [0.2, 0.25) is 5.15 Å². The molecule has 2 aromatic heterocycles. The molecule has 0 spiro atoms. The first-order valence-corrected chi connectivity index (χ1v) is 9.13. The van der Waals surface area contributed by atoms with Gasteiger partial charge in [0.1, 0.15) is 11.4 Å². The van der Waals surface area contributed by atoms with Crippen molar-refractivity contribution in [3.05, 3.63) is 51.9 Å². The second kappa shape index (κ2) is 8.23. The number of nitrogens with zero attached hydrogens (tertiary/aromatic N) is 3. The van der Waals surface area contributed by atoms with Gasteiger partial charge in [-0.3, -0.25) is 4.90 Å². The number of carbonyl (C=O) groups excluding carboxylic acids is 1. The Morgan fingerprint density at radius 3 is 2.76 bits per heavy atom. The maximum absolute atomic E-state index is 13.1. The summed E-state index contributed by atoms with van der Waals surface area (Å²) in [5.41, 5.74) is 2.68. The number of carbonyl (C=O) groups is 1. The Labute approximate surface area is 169 Å². The Morgan fingerprint density at radius 2 is 2.14 bits per heavy atom. The molecule has 2 unspecified atom stereocenters. The molecule has 10 heteroatoms. The molecule has 0 amide bonds. The monoisotopic (exact) mass is 431 g/mol. The summed E-state index contributed by atoms with van der Waals surface area (Å²) in [6.07, 6.45) is -0.0413. The summed E-state index contributed by atoms with van der Waals surface area (Å²) in [7, 11) is 0. The first-order valence-electron chi connectivity index (χ1n) is 8.75. The smallest absolute Gasteiger partial charge is 0.340 e. The summed E-state index contributed by atoms with van der Waals surface area (Å²) < 4.78 is 55.5. The largest absolute Gasteiger partial charge is 0.471 e. The summed E-state index contributed by atoms with van der Waals surface area (Å²) in [5.74, 6) is -4.41. The van der Waals surface area contributed by atoms with Crippen LogP contribution in [0, 0.1) is 6.92 Å². The van der Waals surface area contributed by atoms with Crippen LogP contribution in [0.1, 0.15) is 41.3 Å². The minimum absolute atomic E-state index is 0.148. The fourth-order valence-electron chi connectivity index (χ4n) is 3.29. The van der Waals surface area contributed by atoms with Crippen LogP contribution in [-0.2, 0) is 11.3 Å². The molecule has 5 nitrogen and oxygen atoms in total. The van der Waals surface area contributed by atoms with Gasteiger partial charge in [-0.25, -0.2) is 18.7 Å². The maximum atomic E-state index is 13.1. The van der Waals surface area contributed by atoms with E-state index in [1.165, 1.54) is 6.20 Å². The van der Waals surface area contributed by atoms with E-state index < -0.39 is 25.0 Å². The normalized spacial score (nSPS) is 18.0. The number of aldehydes is 1. The molecule has 0 aliphatic carbocycles. The molecule has 29 heavy (non-hydrogen) atoms. The van der Waals surface area contributed by atoms with Crippen LogP contribution in [0.5, 0.6) is 5.88 Å². The Balaban J connectivity index is 1.78. The van der Waals surface area contributed by atoms with E-state index >= 15 is 0 Å². The maximum Gasteiger partial charge on any atom is 0.340 e. The lowest BCUT2D eigenvalue weighted by molar-refractivity contribution is -0.148. The third-order valence-corrected chi connectivity index (χ3v) is 5.26. The molecular formula is C19H18ClF4N3O2. The van der Waals surface area contributed by atoms with Crippen LogP contribution >= 0.6 is 11.6 Å². The molecule has 0 radical (unpaired) electrons. The number of pyridine rings is 2. The molecule has 0 fully saturated rings. The lowest BCUT2D eigenvalue weighted by Gasteiger charge is -2.28. The quantitative estimate of drug-likeness (QED) is 0.366. The van der Waals surface area contributed by atoms with Crippen molar-refractivity contribution >= 4 is 17.9 Å². The molecule has 0 bridgehead atoms. The Hall–Kier alpha value is -2.26. The van der Waals surface area contributed by atoms with Crippen LogP contribution in [0.25, 0.3) is 0 Å². The second-order valence-corrected chi connectivity index (χ2v) is 7.20. The highest BCUT2D eigenvalue weighted by atomic mass is 35.5. The molecule has 2 aromatic rings. The van der Waals surface area contributed by atoms with Crippen molar-refractivity contribution in [2.75, 3.05) is 6.61 Å². The number of ether oxygens (including phenoxy) is 1. The fraction of sp³-hybridized carbons (Fsp3) is 0.421. The zero-order chi connectivity index (χ0) is 21.3. The minimum Gasteiger partial charge on any atom is -0.471 e. The van der Waals surface area contributed by atoms with Gasteiger partial charge >= 0.3 is 12.3 Å². The van der Waals surface area contributed by atoms with E-state index in [1.54, 1.807) is 25.3 Å². The summed E-state index contributed by atoms with van der Waals surface area (Å²) in [6.45, 7) is 2.39. The van der Waals surface area contributed by atoms with Gasteiger partial charge in [-0.2, -0.15) is 8.78 Å². The number of hydrogen-bond donors (Lipinski definition) is 0. The van der Waals surface area contributed by atoms with Crippen LogP contribution in [0.3, 0.4) is 0 Å². The summed E-state index contributed by atoms with van der Waals surface area (Å²) in [5, 5.41) is 0.335. The van der Waals surface area contributed by atoms with Gasteiger partial charge in [-0.1, -0.05) is 11.6 Å². The van der Waals surface area contributed by atoms with Crippen molar-refractivity contribution in [1.29, 1.82) is 0 Å². The summed E-state index contributed by atoms with van der Waals surface area (Å²) in [4.78, 5) is 21.7. The van der Waals surface area contributed by atoms with Crippen molar-refractivity contribution in [3.8, 4) is 5.88 Å². The van der Waals surface area contributed by atoms with Crippen molar-refractivity contribution in [1.82, 2.24) is 14.9 Å². The van der Waals surface area contributed by atoms with E-state index in [0.717, 1.165) is 17.4 Å². The number of fused-ring (bicyclic) bond motifs is 1. The number of halogens is 5. The molecule has 0 N–H and O–H groups in total. The van der Waals surface area contributed by atoms with Crippen molar-refractivity contribution in [2.24, 2.45) is 0 Å². The fourth-order valence-corrected chi connectivity index (χ4v) is 3.51. The average molecular weight is 432 g/mol. The molecule has 3 heterocycles. The number of hydrogen-bond acceptors (Lipinski definition) is 5. The van der Waals surface area contributed by atoms with E-state index in [4.69, 9.17) is 16.3 Å². The molecular weight excluding hydrogens is 414 g/mol. The molecule has 0 saturated carbocycles. The third kappa shape index (κ3) is 4.20. The van der Waals surface area contributed by atoms with Crippen LogP contribution in [0.4, 0.5) is 17.6 Å². The van der Waals surface area contributed by atoms with Crippen molar-refractivity contribution in [3.63, 3.8) is 0 Å². The molecule has 156 valence electrons. The van der Waals surface area contributed by atoms with E-state index in [1.807, 2.05) is 11.8 Å². The number of alkyl halides is 4. The molecule has 1 aliphatic heterocycles. The zero-order valence-electron chi connectivity index (χ0n) is 15.6. The van der Waals surface area contributed by atoms with Crippen molar-refractivity contribution < 1.29 is 27.1 Å². The van der Waals surface area contributed by atoms with Gasteiger partial charge in [0.15, 0.2) is 6.61 Å². The van der Waals surface area contributed by atoms with Crippen LogP contribution in [-0.4, -0.2) is 40.1 Å². The SMILES string of the molecule is Cc1cc(C(C)N2Cc3c(ccnc3Cl)C2C=O)cnc1OCC(F)(F)C(F)F. The Bertz CT molecular complexity index is 913. The molecule has 0 saturated heterocycles. The van der Waals surface area contributed by atoms with E-state index in [-0.39, 0.29) is 11.9 Å². The first-order chi connectivity index (χ1) is 13.7. The lowest BCUT2D eigenvalue weighted by Crippen LogP contribution is -2.34. The van der Waals surface area contributed by atoms with E-state index in [2.05, 4.69) is 9.97 Å². The van der Waals surface area contributed by atoms with Crippen LogP contribution in [0.15, 0.2) is 24.5 Å². The predicted molar refractivity (Wildman–Crippen MR) is 97.4 cm³/mol. The van der Waals surface area contributed by atoms with Gasteiger partial charge in [0.2, 0.25) is 5.88 Å². The topological polar surface area (TPSA) is 55.3 Å². The molecule has 2 atom stereocenters. The number of aryl methyl sites for hydroxylation is 1. The van der Waals surface area contributed by atoms with Gasteiger partial charge in [-0.15, -0.1) is 0 Å². The van der Waals surface area contributed by atoms with Gasteiger partial charge in [-0.05, 0) is 37.1 Å². The number of rotatable bonds is 7. The van der Waals surface area contributed by atoms with Crippen molar-refractivity contribution in [2.45, 2.75) is 44.8 Å². The van der Waals surface area contributed by atoms with Gasteiger partial charge < -0.3 is 9.53 Å². The van der Waals surface area contributed by atoms with E-state index in [9.17, 15) is 22.4 Å². The standard InChI is InChI=1S/C19H18ClF4N3O2/c1-10-5-12(6-26-17(10)29-9-19(23,24)18(21)22)11(2)27-7-14-13(15(27)8-28)3-4-25-16(14)20/h3-6,8,11,15,18H,7,9H2,1-2H3. The van der Waals surface area contributed by atoms with Gasteiger partial charge in [0, 0.05) is 36.1 Å². The van der Waals surface area contributed by atoms with Gasteiger partial charge in [0.25, 0.3) is 0 Å². The lowest BCUT2D eigenvalue weighted by atomic mass is 10.0. The molecule has 3 rings (SSSR count). The third-order valence-electron chi connectivity index (χ3n) is 4.94. The Kier molecular flexibility index (Phi) is 6.09. The second-order valence-electron chi connectivity index (χ2n) is 6.84. The molecule has 1 aliphatic rings. The van der Waals surface area contributed by atoms with Crippen LogP contribution < -0.4 is 4.74 Å². The number of aromatic nitrogens is 2. The van der Waals surface area contributed by atoms with Gasteiger partial charge in [0.05, 0.1) is 6.04 Å². The molecule has 0 aromatic carbocycles. The average Bonchev–Trinajstić information content (AvgIpc) is 3.06. The predicted octanol–water partition coefficient (Wildman–Crippen LogP) is 4.53.